The SMILES string of the molecule is CN(I)Cc1ccc(CN2CCC(C(=O)N3CCC(C(=N)c4ccc(Cl)cc4)CC3)CC2)o1. The lowest BCUT2D eigenvalue weighted by Crippen LogP contribution is -2.46. The molecule has 1 aromatic heterocycles. The molecular formula is C25H32ClIN4O2. The van der Waals surface area contributed by atoms with Gasteiger partial charge >= 0.3 is 0 Å². The summed E-state index contributed by atoms with van der Waals surface area (Å²) in [6.45, 7) is 4.96. The van der Waals surface area contributed by atoms with Crippen LogP contribution in [-0.4, -0.2) is 57.8 Å². The van der Waals surface area contributed by atoms with Crippen molar-refractivity contribution in [3.05, 3.63) is 58.5 Å². The lowest BCUT2D eigenvalue weighted by molar-refractivity contribution is -0.138. The molecule has 3 heterocycles. The molecule has 4 rings (SSSR count). The lowest BCUT2D eigenvalue weighted by atomic mass is 9.87. The third-order valence-corrected chi connectivity index (χ3v) is 7.37. The van der Waals surface area contributed by atoms with Crippen molar-refractivity contribution in [3.63, 3.8) is 0 Å². The molecule has 0 radical (unpaired) electrons. The number of nitrogens with one attached hydrogen (secondary N) is 1. The fourth-order valence-corrected chi connectivity index (χ4v) is 5.34. The van der Waals surface area contributed by atoms with Crippen LogP contribution in [0.2, 0.25) is 5.02 Å². The van der Waals surface area contributed by atoms with Crippen LogP contribution >= 0.6 is 34.5 Å². The van der Waals surface area contributed by atoms with E-state index in [1.807, 2.05) is 36.2 Å². The second-order valence-electron chi connectivity index (χ2n) is 9.20. The number of amides is 1. The van der Waals surface area contributed by atoms with Crippen molar-refractivity contribution in [1.29, 1.82) is 5.41 Å². The van der Waals surface area contributed by atoms with E-state index in [1.54, 1.807) is 0 Å². The van der Waals surface area contributed by atoms with Gasteiger partial charge in [-0.2, -0.15) is 0 Å². The molecule has 1 aromatic carbocycles. The number of hydrogen-bond donors (Lipinski definition) is 1. The van der Waals surface area contributed by atoms with Crippen molar-refractivity contribution < 1.29 is 9.21 Å². The number of piperidine rings is 2. The molecule has 2 aliphatic heterocycles. The zero-order chi connectivity index (χ0) is 23.4. The minimum Gasteiger partial charge on any atom is -0.463 e. The third kappa shape index (κ3) is 6.59. The Labute approximate surface area is 215 Å². The zero-order valence-electron chi connectivity index (χ0n) is 19.1. The van der Waals surface area contributed by atoms with E-state index in [0.717, 1.165) is 82.0 Å². The van der Waals surface area contributed by atoms with Crippen LogP contribution in [0, 0.1) is 17.2 Å². The van der Waals surface area contributed by atoms with Crippen LogP contribution in [0.4, 0.5) is 0 Å². The van der Waals surface area contributed by atoms with Crippen LogP contribution in [0.5, 0.6) is 0 Å². The van der Waals surface area contributed by atoms with Gasteiger partial charge in [0.2, 0.25) is 5.91 Å². The first-order valence-electron chi connectivity index (χ1n) is 11.7. The highest BCUT2D eigenvalue weighted by atomic mass is 127. The van der Waals surface area contributed by atoms with Gasteiger partial charge in [0, 0.05) is 58.5 Å². The minimum absolute atomic E-state index is 0.119. The summed E-state index contributed by atoms with van der Waals surface area (Å²) < 4.78 is 8.02. The Morgan fingerprint density at radius 1 is 1.03 bits per heavy atom. The normalized spacial score (nSPS) is 18.7. The summed E-state index contributed by atoms with van der Waals surface area (Å²) in [4.78, 5) is 17.5. The van der Waals surface area contributed by atoms with Gasteiger partial charge in [-0.15, -0.1) is 0 Å². The first-order chi connectivity index (χ1) is 15.9. The van der Waals surface area contributed by atoms with Gasteiger partial charge in [0.05, 0.1) is 13.1 Å². The average Bonchev–Trinajstić information content (AvgIpc) is 3.25. The average molecular weight is 583 g/mol. The number of hydrogen-bond acceptors (Lipinski definition) is 5. The molecule has 1 amide bonds. The van der Waals surface area contributed by atoms with Crippen molar-refractivity contribution >= 4 is 46.1 Å². The van der Waals surface area contributed by atoms with Crippen LogP contribution in [0.15, 0.2) is 40.8 Å². The van der Waals surface area contributed by atoms with Gasteiger partial charge in [0.1, 0.15) is 11.5 Å². The molecule has 8 heteroatoms. The predicted molar refractivity (Wildman–Crippen MR) is 140 cm³/mol. The number of rotatable bonds is 7. The van der Waals surface area contributed by atoms with E-state index in [1.165, 1.54) is 0 Å². The van der Waals surface area contributed by atoms with E-state index in [4.69, 9.17) is 21.4 Å². The topological polar surface area (TPSA) is 63.8 Å². The lowest BCUT2D eigenvalue weighted by Gasteiger charge is -2.37. The molecule has 178 valence electrons. The van der Waals surface area contributed by atoms with Crippen LogP contribution in [0.3, 0.4) is 0 Å². The summed E-state index contributed by atoms with van der Waals surface area (Å²) in [5.41, 5.74) is 1.60. The quantitative estimate of drug-likeness (QED) is 0.276. The minimum atomic E-state index is 0.119. The summed E-state index contributed by atoms with van der Waals surface area (Å²) in [6, 6.07) is 11.6. The smallest absolute Gasteiger partial charge is 0.225 e. The molecule has 0 spiro atoms. The summed E-state index contributed by atoms with van der Waals surface area (Å²) in [5.74, 6) is 2.62. The Balaban J connectivity index is 1.21. The van der Waals surface area contributed by atoms with E-state index < -0.39 is 0 Å². The summed E-state index contributed by atoms with van der Waals surface area (Å²) in [6.07, 6.45) is 3.53. The third-order valence-electron chi connectivity index (χ3n) is 6.78. The summed E-state index contributed by atoms with van der Waals surface area (Å²) in [7, 11) is 2.02. The van der Waals surface area contributed by atoms with Crippen LogP contribution < -0.4 is 0 Å². The van der Waals surface area contributed by atoms with Gasteiger partial charge < -0.3 is 14.7 Å². The molecule has 2 fully saturated rings. The maximum Gasteiger partial charge on any atom is 0.225 e. The summed E-state index contributed by atoms with van der Waals surface area (Å²) >= 11 is 8.23. The second-order valence-corrected chi connectivity index (χ2v) is 11.3. The highest BCUT2D eigenvalue weighted by Crippen LogP contribution is 2.27. The molecule has 0 atom stereocenters. The number of carbonyl (C=O) groups is 1. The van der Waals surface area contributed by atoms with Gasteiger partial charge in [-0.3, -0.25) is 9.69 Å². The molecule has 0 aliphatic carbocycles. The van der Waals surface area contributed by atoms with Crippen molar-refractivity contribution in [3.8, 4) is 0 Å². The predicted octanol–water partition coefficient (Wildman–Crippen LogP) is 5.23. The summed E-state index contributed by atoms with van der Waals surface area (Å²) in [5, 5.41) is 9.24. The van der Waals surface area contributed by atoms with E-state index in [2.05, 4.69) is 43.0 Å². The number of benzene rings is 1. The van der Waals surface area contributed by atoms with E-state index >= 15 is 0 Å². The van der Waals surface area contributed by atoms with Crippen molar-refractivity contribution in [2.45, 2.75) is 38.8 Å². The van der Waals surface area contributed by atoms with Crippen LogP contribution in [0.25, 0.3) is 0 Å². The molecule has 2 aliphatic rings. The molecule has 0 bridgehead atoms. The highest BCUT2D eigenvalue weighted by molar-refractivity contribution is 14.1. The molecule has 2 aromatic rings. The Hall–Kier alpha value is -1.42. The molecule has 2 saturated heterocycles. The Bertz CT molecular complexity index is 946. The van der Waals surface area contributed by atoms with Gasteiger partial charge in [0.25, 0.3) is 0 Å². The highest BCUT2D eigenvalue weighted by Gasteiger charge is 2.32. The number of carbonyl (C=O) groups excluding carboxylic acids is 1. The first-order valence-corrected chi connectivity index (χ1v) is 13.0. The number of nitrogens with zero attached hydrogens (tertiary/aromatic N) is 3. The van der Waals surface area contributed by atoms with Crippen molar-refractivity contribution in [2.75, 3.05) is 33.2 Å². The zero-order valence-corrected chi connectivity index (χ0v) is 22.0. The molecule has 1 N–H and O–H groups in total. The monoisotopic (exact) mass is 582 g/mol. The van der Waals surface area contributed by atoms with E-state index in [-0.39, 0.29) is 11.8 Å². The Morgan fingerprint density at radius 3 is 2.27 bits per heavy atom. The van der Waals surface area contributed by atoms with E-state index in [9.17, 15) is 4.79 Å². The van der Waals surface area contributed by atoms with E-state index in [0.29, 0.717) is 16.6 Å². The van der Waals surface area contributed by atoms with Crippen LogP contribution in [-0.2, 0) is 17.9 Å². The Morgan fingerprint density at radius 2 is 1.64 bits per heavy atom. The Kier molecular flexibility index (Phi) is 8.48. The first kappa shape index (κ1) is 24.7. The maximum absolute atomic E-state index is 13.1. The van der Waals surface area contributed by atoms with Gasteiger partial charge in [0.15, 0.2) is 0 Å². The maximum atomic E-state index is 13.1. The van der Waals surface area contributed by atoms with Crippen LogP contribution in [0.1, 0.15) is 42.8 Å². The van der Waals surface area contributed by atoms with Gasteiger partial charge in [-0.1, -0.05) is 23.7 Å². The molecule has 0 saturated carbocycles. The molecule has 6 nitrogen and oxygen atoms in total. The largest absolute Gasteiger partial charge is 0.463 e. The fraction of sp³-hybridized carbons (Fsp3) is 0.520. The standard InChI is InChI=1S/C25H32ClIN4O2/c1-29(27)16-22-6-7-23(33-22)17-30-12-8-20(9-13-30)25(32)31-14-10-19(11-15-31)24(28)18-2-4-21(26)5-3-18/h2-7,19-20,28H,8-17H2,1H3. The number of likely N-dealkylation sites (tertiary alicyclic amines) is 2. The number of halogens is 2. The van der Waals surface area contributed by atoms with Gasteiger partial charge in [-0.05, 0) is 75.6 Å². The molecule has 0 unspecified atom stereocenters. The fourth-order valence-electron chi connectivity index (χ4n) is 4.88. The number of furan rings is 1. The second kappa shape index (κ2) is 11.3. The molecular weight excluding hydrogens is 551 g/mol. The van der Waals surface area contributed by atoms with Gasteiger partial charge in [-0.25, -0.2) is 3.11 Å². The molecule has 33 heavy (non-hydrogen) atoms. The van der Waals surface area contributed by atoms with Crippen molar-refractivity contribution in [1.82, 2.24) is 12.9 Å². The van der Waals surface area contributed by atoms with Crippen molar-refractivity contribution in [2.24, 2.45) is 11.8 Å².